The molecule has 0 spiro atoms. The highest BCUT2D eigenvalue weighted by Crippen LogP contribution is 2.36. The van der Waals surface area contributed by atoms with Crippen molar-refractivity contribution in [2.45, 2.75) is 57.3 Å². The lowest BCUT2D eigenvalue weighted by atomic mass is 9.73. The number of hydrogen-bond donors (Lipinski definition) is 2. The normalized spacial score (nSPS) is 24.2. The van der Waals surface area contributed by atoms with Gasteiger partial charge in [-0.25, -0.2) is 0 Å². The standard InChI is InChI=1S/C25H38N4O3.3ClH/c1-20(30)23(24(31)32)25(10-12-26-13-11-25)29-17-15-27(16-18-29)22-9-5-6-14-28(22)19-21-7-3-2-4-8-21;;;/h2-4,7-8,22-23,26H,5-6,9-19H2,1H3,(H,31,32);3*1H. The lowest BCUT2D eigenvalue weighted by Gasteiger charge is -2.53. The van der Waals surface area contributed by atoms with E-state index in [9.17, 15) is 14.7 Å². The summed E-state index contributed by atoms with van der Waals surface area (Å²) in [5.41, 5.74) is 0.795. The van der Waals surface area contributed by atoms with Gasteiger partial charge in [0.05, 0.1) is 6.17 Å². The van der Waals surface area contributed by atoms with Crippen molar-refractivity contribution in [3.63, 3.8) is 0 Å². The topological polar surface area (TPSA) is 76.1 Å². The van der Waals surface area contributed by atoms with E-state index >= 15 is 0 Å². The van der Waals surface area contributed by atoms with Crippen LogP contribution in [-0.4, -0.2) is 89.1 Å². The Kier molecular flexibility index (Phi) is 13.5. The molecule has 7 nitrogen and oxygen atoms in total. The number of carbonyl (C=O) groups is 2. The van der Waals surface area contributed by atoms with Gasteiger partial charge in [0.1, 0.15) is 11.7 Å². The SMILES string of the molecule is CC(=O)C(C(=O)O)C1(N2CCN(C3CCCCN3Cc3ccccc3)CC2)CCNCC1.Cl.Cl.Cl. The largest absolute Gasteiger partial charge is 0.481 e. The maximum Gasteiger partial charge on any atom is 0.315 e. The summed E-state index contributed by atoms with van der Waals surface area (Å²) in [5.74, 6) is -2.13. The molecule has 0 bridgehead atoms. The van der Waals surface area contributed by atoms with Crippen LogP contribution in [0, 0.1) is 5.92 Å². The molecule has 200 valence electrons. The van der Waals surface area contributed by atoms with Crippen LogP contribution in [0.25, 0.3) is 0 Å². The Hall–Kier alpha value is -0.930. The maximum atomic E-state index is 12.4. The summed E-state index contributed by atoms with van der Waals surface area (Å²) >= 11 is 0. The summed E-state index contributed by atoms with van der Waals surface area (Å²) in [6.07, 6.45) is 5.57. The third kappa shape index (κ3) is 7.31. The van der Waals surface area contributed by atoms with Gasteiger partial charge in [0.2, 0.25) is 0 Å². The molecular weight excluding hydrogens is 511 g/mol. The zero-order chi connectivity index (χ0) is 22.6. The predicted octanol–water partition coefficient (Wildman–Crippen LogP) is 3.29. The first-order valence-corrected chi connectivity index (χ1v) is 12.2. The molecule has 0 amide bonds. The molecule has 2 unspecified atom stereocenters. The number of aliphatic carboxylic acids is 1. The number of piperazine rings is 1. The first-order valence-electron chi connectivity index (χ1n) is 12.2. The summed E-state index contributed by atoms with van der Waals surface area (Å²) < 4.78 is 0. The van der Waals surface area contributed by atoms with Crippen LogP contribution in [0.3, 0.4) is 0 Å². The molecule has 3 aliphatic rings. The number of likely N-dealkylation sites (tertiary alicyclic amines) is 1. The number of halogens is 3. The van der Waals surface area contributed by atoms with Crippen molar-refractivity contribution >= 4 is 49.0 Å². The Bertz CT molecular complexity index is 773. The van der Waals surface area contributed by atoms with E-state index in [2.05, 4.69) is 50.3 Å². The Balaban J connectivity index is 0.00000204. The minimum atomic E-state index is -0.969. The van der Waals surface area contributed by atoms with E-state index in [1.165, 1.54) is 31.7 Å². The molecule has 2 N–H and O–H groups in total. The lowest BCUT2D eigenvalue weighted by Crippen LogP contribution is -2.67. The number of benzene rings is 1. The van der Waals surface area contributed by atoms with E-state index in [1.807, 2.05) is 0 Å². The lowest BCUT2D eigenvalue weighted by molar-refractivity contribution is -0.156. The van der Waals surface area contributed by atoms with Crippen LogP contribution < -0.4 is 5.32 Å². The number of rotatable bonds is 7. The maximum absolute atomic E-state index is 12.4. The number of ketones is 1. The molecule has 0 saturated carbocycles. The minimum absolute atomic E-state index is 0. The van der Waals surface area contributed by atoms with E-state index in [-0.39, 0.29) is 43.0 Å². The fraction of sp³-hybridized carbons (Fsp3) is 0.680. The van der Waals surface area contributed by atoms with Crippen LogP contribution in [0.5, 0.6) is 0 Å². The van der Waals surface area contributed by atoms with Crippen LogP contribution >= 0.6 is 37.2 Å². The van der Waals surface area contributed by atoms with E-state index in [4.69, 9.17) is 0 Å². The van der Waals surface area contributed by atoms with Gasteiger partial charge < -0.3 is 10.4 Å². The average molecular weight is 552 g/mol. The molecule has 3 aliphatic heterocycles. The molecule has 4 rings (SSSR count). The zero-order valence-corrected chi connectivity index (χ0v) is 23.0. The summed E-state index contributed by atoms with van der Waals surface area (Å²) in [4.78, 5) is 32.1. The van der Waals surface area contributed by atoms with Crippen LogP contribution in [-0.2, 0) is 16.1 Å². The fourth-order valence-corrected chi connectivity index (χ4v) is 6.28. The number of hydrogen-bond acceptors (Lipinski definition) is 6. The van der Waals surface area contributed by atoms with Crippen molar-refractivity contribution in [3.8, 4) is 0 Å². The van der Waals surface area contributed by atoms with Crippen molar-refractivity contribution < 1.29 is 14.7 Å². The summed E-state index contributed by atoms with van der Waals surface area (Å²) in [6, 6.07) is 10.7. The van der Waals surface area contributed by atoms with Gasteiger partial charge in [-0.15, -0.1) is 37.2 Å². The molecule has 0 aliphatic carbocycles. The second-order valence-corrected chi connectivity index (χ2v) is 9.69. The Morgan fingerprint density at radius 1 is 1.00 bits per heavy atom. The Morgan fingerprint density at radius 2 is 1.63 bits per heavy atom. The summed E-state index contributed by atoms with van der Waals surface area (Å²) in [5, 5.41) is 13.3. The summed E-state index contributed by atoms with van der Waals surface area (Å²) in [6.45, 7) is 8.59. The number of Topliss-reactive ketones (excluding diaryl/α,β-unsaturated/α-hetero) is 1. The molecule has 2 atom stereocenters. The van der Waals surface area contributed by atoms with Crippen LogP contribution in [0.15, 0.2) is 30.3 Å². The fourth-order valence-electron chi connectivity index (χ4n) is 6.28. The second-order valence-electron chi connectivity index (χ2n) is 9.69. The van der Waals surface area contributed by atoms with Gasteiger partial charge in [0, 0.05) is 38.3 Å². The van der Waals surface area contributed by atoms with Crippen LogP contribution in [0.1, 0.15) is 44.6 Å². The molecule has 35 heavy (non-hydrogen) atoms. The summed E-state index contributed by atoms with van der Waals surface area (Å²) in [7, 11) is 0. The monoisotopic (exact) mass is 550 g/mol. The third-order valence-electron chi connectivity index (χ3n) is 7.83. The molecule has 3 saturated heterocycles. The van der Waals surface area contributed by atoms with Crippen molar-refractivity contribution in [1.29, 1.82) is 0 Å². The van der Waals surface area contributed by atoms with Crippen LogP contribution in [0.4, 0.5) is 0 Å². The molecule has 3 heterocycles. The van der Waals surface area contributed by atoms with Crippen molar-refractivity contribution in [2.75, 3.05) is 45.8 Å². The first kappa shape index (κ1) is 32.1. The van der Waals surface area contributed by atoms with Gasteiger partial charge in [0.25, 0.3) is 0 Å². The molecular formula is C25H41Cl3N4O3. The van der Waals surface area contributed by atoms with E-state index in [0.29, 0.717) is 19.0 Å². The minimum Gasteiger partial charge on any atom is -0.481 e. The van der Waals surface area contributed by atoms with Crippen molar-refractivity contribution in [3.05, 3.63) is 35.9 Å². The van der Waals surface area contributed by atoms with E-state index < -0.39 is 17.4 Å². The van der Waals surface area contributed by atoms with Gasteiger partial charge in [0.15, 0.2) is 0 Å². The van der Waals surface area contributed by atoms with Gasteiger partial charge in [-0.05, 0) is 64.2 Å². The highest BCUT2D eigenvalue weighted by Gasteiger charge is 2.51. The number of nitrogens with one attached hydrogen (secondary N) is 1. The number of nitrogens with zero attached hydrogens (tertiary/aromatic N) is 3. The molecule has 3 fully saturated rings. The average Bonchev–Trinajstić information content (AvgIpc) is 2.80. The van der Waals surface area contributed by atoms with Gasteiger partial charge in [-0.3, -0.25) is 24.3 Å². The zero-order valence-electron chi connectivity index (χ0n) is 20.6. The Labute approximate surface area is 228 Å². The Morgan fingerprint density at radius 3 is 2.20 bits per heavy atom. The van der Waals surface area contributed by atoms with Gasteiger partial charge >= 0.3 is 5.97 Å². The molecule has 1 aromatic rings. The van der Waals surface area contributed by atoms with Crippen molar-refractivity contribution in [2.24, 2.45) is 5.92 Å². The molecule has 0 aromatic heterocycles. The number of carbonyl (C=O) groups excluding carboxylic acids is 1. The molecule has 1 aromatic carbocycles. The quantitative estimate of drug-likeness (QED) is 0.504. The predicted molar refractivity (Wildman–Crippen MR) is 146 cm³/mol. The van der Waals surface area contributed by atoms with Gasteiger partial charge in [-0.2, -0.15) is 0 Å². The van der Waals surface area contributed by atoms with E-state index in [1.54, 1.807) is 0 Å². The van der Waals surface area contributed by atoms with Gasteiger partial charge in [-0.1, -0.05) is 30.3 Å². The van der Waals surface area contributed by atoms with Crippen LogP contribution in [0.2, 0.25) is 0 Å². The highest BCUT2D eigenvalue weighted by molar-refractivity contribution is 5.98. The number of piperidine rings is 2. The van der Waals surface area contributed by atoms with Crippen molar-refractivity contribution in [1.82, 2.24) is 20.0 Å². The number of carboxylic acid groups (broad SMARTS) is 1. The molecule has 10 heteroatoms. The highest BCUT2D eigenvalue weighted by atomic mass is 35.5. The second kappa shape index (κ2) is 14.7. The third-order valence-corrected chi connectivity index (χ3v) is 7.83. The number of carboxylic acids is 1. The first-order chi connectivity index (χ1) is 15.5. The smallest absolute Gasteiger partial charge is 0.315 e. The molecule has 0 radical (unpaired) electrons. The van der Waals surface area contributed by atoms with E-state index in [0.717, 1.165) is 52.4 Å².